The Morgan fingerprint density at radius 2 is 1.36 bits per heavy atom. The molecule has 0 aliphatic rings. The van der Waals surface area contributed by atoms with Gasteiger partial charge in [-0.1, -0.05) is 91.0 Å². The van der Waals surface area contributed by atoms with Crippen LogP contribution in [-0.2, 0) is 16.0 Å². The highest BCUT2D eigenvalue weighted by atomic mass is 16.4. The minimum atomic E-state index is -1.07. The number of hydrogen-bond donors (Lipinski definition) is 2. The van der Waals surface area contributed by atoms with Gasteiger partial charge in [-0.3, -0.25) is 4.79 Å². The van der Waals surface area contributed by atoms with Crippen LogP contribution >= 0.6 is 0 Å². The van der Waals surface area contributed by atoms with Crippen molar-refractivity contribution in [1.82, 2.24) is 5.32 Å². The fraction of sp³-hybridized carbons (Fsp3) is 0.0833. The third-order valence-electron chi connectivity index (χ3n) is 4.33. The lowest BCUT2D eigenvalue weighted by Gasteiger charge is -2.16. The molecule has 3 aromatic carbocycles. The molecule has 0 radical (unpaired) electrons. The predicted octanol–water partition coefficient (Wildman–Crippen LogP) is 4.04. The van der Waals surface area contributed by atoms with E-state index >= 15 is 0 Å². The van der Waals surface area contributed by atoms with E-state index in [1.54, 1.807) is 6.08 Å². The molecule has 2 N–H and O–H groups in total. The van der Waals surface area contributed by atoms with Gasteiger partial charge in [0, 0.05) is 12.0 Å². The lowest BCUT2D eigenvalue weighted by Crippen LogP contribution is -2.42. The number of nitrogens with one attached hydrogen (secondary N) is 1. The average molecular weight is 371 g/mol. The maximum absolute atomic E-state index is 13.0. The third-order valence-corrected chi connectivity index (χ3v) is 4.33. The Kier molecular flexibility index (Phi) is 6.37. The second-order valence-electron chi connectivity index (χ2n) is 6.39. The number of carboxylic acids is 1. The van der Waals surface area contributed by atoms with Crippen molar-refractivity contribution in [1.29, 1.82) is 0 Å². The normalized spacial score (nSPS) is 12.2. The Balaban J connectivity index is 1.88. The topological polar surface area (TPSA) is 66.4 Å². The maximum atomic E-state index is 13.0. The molecule has 4 nitrogen and oxygen atoms in total. The second kappa shape index (κ2) is 9.33. The Labute approximate surface area is 164 Å². The molecule has 0 aliphatic carbocycles. The number of carbonyl (C=O) groups is 2. The van der Waals surface area contributed by atoms with Crippen LogP contribution in [0.2, 0.25) is 0 Å². The van der Waals surface area contributed by atoms with E-state index in [1.165, 1.54) is 0 Å². The molecule has 0 spiro atoms. The molecule has 0 saturated heterocycles. The Morgan fingerprint density at radius 3 is 1.93 bits per heavy atom. The van der Waals surface area contributed by atoms with E-state index in [0.717, 1.165) is 16.7 Å². The quantitative estimate of drug-likeness (QED) is 0.487. The predicted molar refractivity (Wildman–Crippen MR) is 110 cm³/mol. The highest BCUT2D eigenvalue weighted by molar-refractivity contribution is 6.24. The van der Waals surface area contributed by atoms with Crippen LogP contribution in [0.1, 0.15) is 16.7 Å². The molecule has 4 heteroatoms. The zero-order chi connectivity index (χ0) is 19.8. The Morgan fingerprint density at radius 1 is 0.821 bits per heavy atom. The number of amides is 1. The Bertz CT molecular complexity index is 951. The fourth-order valence-electron chi connectivity index (χ4n) is 2.90. The van der Waals surface area contributed by atoms with Gasteiger partial charge in [0.2, 0.25) is 0 Å². The first kappa shape index (κ1) is 19.1. The van der Waals surface area contributed by atoms with Gasteiger partial charge in [-0.2, -0.15) is 0 Å². The monoisotopic (exact) mass is 371 g/mol. The summed E-state index contributed by atoms with van der Waals surface area (Å²) in [6.07, 6.45) is 1.99. The molecule has 28 heavy (non-hydrogen) atoms. The van der Waals surface area contributed by atoms with E-state index in [-0.39, 0.29) is 6.42 Å². The highest BCUT2D eigenvalue weighted by Crippen LogP contribution is 2.19. The summed E-state index contributed by atoms with van der Waals surface area (Å²) in [5.41, 5.74) is 2.87. The van der Waals surface area contributed by atoms with Crippen molar-refractivity contribution in [2.24, 2.45) is 0 Å². The molecule has 140 valence electrons. The molecule has 0 saturated carbocycles. The minimum Gasteiger partial charge on any atom is -0.480 e. The summed E-state index contributed by atoms with van der Waals surface area (Å²) in [5.74, 6) is -1.48. The molecule has 3 rings (SSSR count). The average Bonchev–Trinajstić information content (AvgIpc) is 2.73. The van der Waals surface area contributed by atoms with Gasteiger partial charge in [0.05, 0.1) is 0 Å². The van der Waals surface area contributed by atoms with E-state index in [2.05, 4.69) is 5.32 Å². The number of carboxylic acid groups (broad SMARTS) is 1. The first-order valence-electron chi connectivity index (χ1n) is 9.03. The van der Waals surface area contributed by atoms with Gasteiger partial charge in [0.25, 0.3) is 5.91 Å². The first-order chi connectivity index (χ1) is 13.6. The van der Waals surface area contributed by atoms with E-state index in [1.807, 2.05) is 91.0 Å². The van der Waals surface area contributed by atoms with Crippen LogP contribution in [0.5, 0.6) is 0 Å². The molecule has 3 aromatic rings. The van der Waals surface area contributed by atoms with Crippen molar-refractivity contribution < 1.29 is 14.7 Å². The summed E-state index contributed by atoms with van der Waals surface area (Å²) < 4.78 is 0. The van der Waals surface area contributed by atoms with E-state index in [4.69, 9.17) is 0 Å². The van der Waals surface area contributed by atoms with Crippen molar-refractivity contribution in [3.63, 3.8) is 0 Å². The maximum Gasteiger partial charge on any atom is 0.326 e. The van der Waals surface area contributed by atoms with Gasteiger partial charge in [-0.25, -0.2) is 4.79 Å². The smallest absolute Gasteiger partial charge is 0.326 e. The summed E-state index contributed by atoms with van der Waals surface area (Å²) in [6.45, 7) is 0. The standard InChI is InChI=1S/C24H21NO3/c26-23(25-22(24(27)28)17-19-12-6-2-7-13-19)21(20-14-8-3-9-15-20)16-18-10-4-1-5-11-18/h1-16,22H,17H2,(H,25,26)(H,27,28)/b21-16+/t22-/m0/s1. The van der Waals surface area contributed by atoms with Crippen molar-refractivity contribution in [3.8, 4) is 0 Å². The highest BCUT2D eigenvalue weighted by Gasteiger charge is 2.23. The second-order valence-corrected chi connectivity index (χ2v) is 6.39. The van der Waals surface area contributed by atoms with Crippen LogP contribution < -0.4 is 5.32 Å². The number of carbonyl (C=O) groups excluding carboxylic acids is 1. The van der Waals surface area contributed by atoms with E-state index in [0.29, 0.717) is 5.57 Å². The van der Waals surface area contributed by atoms with Gasteiger partial charge in [-0.15, -0.1) is 0 Å². The Hall–Kier alpha value is -3.66. The van der Waals surface area contributed by atoms with Crippen molar-refractivity contribution in [2.75, 3.05) is 0 Å². The summed E-state index contributed by atoms with van der Waals surface area (Å²) in [6, 6.07) is 27.0. The largest absolute Gasteiger partial charge is 0.480 e. The molecule has 0 aromatic heterocycles. The molecule has 1 amide bonds. The molecule has 0 bridgehead atoms. The van der Waals surface area contributed by atoms with Crippen LogP contribution in [0.3, 0.4) is 0 Å². The zero-order valence-electron chi connectivity index (χ0n) is 15.3. The summed E-state index contributed by atoms with van der Waals surface area (Å²) in [7, 11) is 0. The number of hydrogen-bond acceptors (Lipinski definition) is 2. The molecule has 0 fully saturated rings. The lowest BCUT2D eigenvalue weighted by molar-refractivity contribution is -0.141. The molecular formula is C24H21NO3. The fourth-order valence-corrected chi connectivity index (χ4v) is 2.90. The molecule has 0 aliphatic heterocycles. The zero-order valence-corrected chi connectivity index (χ0v) is 15.3. The van der Waals surface area contributed by atoms with Crippen molar-refractivity contribution in [2.45, 2.75) is 12.5 Å². The van der Waals surface area contributed by atoms with E-state index < -0.39 is 17.9 Å². The van der Waals surface area contributed by atoms with Gasteiger partial charge in [0.1, 0.15) is 6.04 Å². The van der Waals surface area contributed by atoms with Crippen LogP contribution in [0, 0.1) is 0 Å². The van der Waals surface area contributed by atoms with Gasteiger partial charge in [-0.05, 0) is 22.8 Å². The molecule has 0 unspecified atom stereocenters. The van der Waals surface area contributed by atoms with Crippen molar-refractivity contribution in [3.05, 3.63) is 108 Å². The summed E-state index contributed by atoms with van der Waals surface area (Å²) in [5, 5.41) is 12.3. The van der Waals surface area contributed by atoms with Crippen LogP contribution in [0.25, 0.3) is 11.6 Å². The van der Waals surface area contributed by atoms with Crippen LogP contribution in [-0.4, -0.2) is 23.0 Å². The SMILES string of the molecule is O=C(N[C@@H](Cc1ccccc1)C(=O)O)/C(=C/c1ccccc1)c1ccccc1. The lowest BCUT2D eigenvalue weighted by atomic mass is 10.0. The molecular weight excluding hydrogens is 350 g/mol. The van der Waals surface area contributed by atoms with Crippen LogP contribution in [0.4, 0.5) is 0 Å². The summed E-state index contributed by atoms with van der Waals surface area (Å²) in [4.78, 5) is 24.7. The van der Waals surface area contributed by atoms with E-state index in [9.17, 15) is 14.7 Å². The van der Waals surface area contributed by atoms with Crippen molar-refractivity contribution >= 4 is 23.5 Å². The van der Waals surface area contributed by atoms with Crippen LogP contribution in [0.15, 0.2) is 91.0 Å². The third kappa shape index (κ3) is 5.17. The first-order valence-corrected chi connectivity index (χ1v) is 9.03. The van der Waals surface area contributed by atoms with Gasteiger partial charge in [0.15, 0.2) is 0 Å². The number of benzene rings is 3. The minimum absolute atomic E-state index is 0.218. The molecule has 0 heterocycles. The van der Waals surface area contributed by atoms with Gasteiger partial charge >= 0.3 is 5.97 Å². The summed E-state index contributed by atoms with van der Waals surface area (Å²) >= 11 is 0. The number of rotatable bonds is 7. The molecule has 1 atom stereocenters. The van der Waals surface area contributed by atoms with Gasteiger partial charge < -0.3 is 10.4 Å². The number of aliphatic carboxylic acids is 1.